The second kappa shape index (κ2) is 11.2. The van der Waals surface area contributed by atoms with Crippen LogP contribution < -0.4 is 10.2 Å². The molecule has 1 aliphatic rings. The Bertz CT molecular complexity index is 1200. The molecular weight excluding hydrogens is 464 g/mol. The van der Waals surface area contributed by atoms with E-state index in [4.69, 9.17) is 4.42 Å². The number of carbonyl (C=O) groups is 1. The lowest BCUT2D eigenvalue weighted by atomic mass is 10.1. The van der Waals surface area contributed by atoms with E-state index < -0.39 is 15.4 Å². The van der Waals surface area contributed by atoms with Gasteiger partial charge in [-0.2, -0.15) is 4.31 Å². The van der Waals surface area contributed by atoms with Gasteiger partial charge >= 0.3 is 6.01 Å². The molecule has 0 spiro atoms. The lowest BCUT2D eigenvalue weighted by molar-refractivity contribution is 0.0988. The Morgan fingerprint density at radius 2 is 1.86 bits per heavy atom. The number of hydrogen-bond donors (Lipinski definition) is 1. The lowest BCUT2D eigenvalue weighted by Crippen LogP contribution is -2.53. The van der Waals surface area contributed by atoms with Crippen molar-refractivity contribution in [1.82, 2.24) is 14.6 Å². The number of rotatable bonds is 9. The quantitative estimate of drug-likeness (QED) is 0.453. The summed E-state index contributed by atoms with van der Waals surface area (Å²) in [4.78, 5) is 18.0. The summed E-state index contributed by atoms with van der Waals surface area (Å²) in [6.07, 6.45) is 6.08. The predicted octanol–water partition coefficient (Wildman–Crippen LogP) is 3.81. The fourth-order valence-electron chi connectivity index (χ4n) is 4.35. The highest BCUT2D eigenvalue weighted by molar-refractivity contribution is 7.89. The number of benzene rings is 2. The van der Waals surface area contributed by atoms with Gasteiger partial charge in [0.1, 0.15) is 11.6 Å². The van der Waals surface area contributed by atoms with Crippen LogP contribution in [0.5, 0.6) is 0 Å². The van der Waals surface area contributed by atoms with Gasteiger partial charge in [0, 0.05) is 25.2 Å². The molecule has 9 heteroatoms. The first kappa shape index (κ1) is 25.1. The van der Waals surface area contributed by atoms with Crippen molar-refractivity contribution in [1.29, 1.82) is 0 Å². The Balaban J connectivity index is 1.36. The molecule has 2 atom stereocenters. The van der Waals surface area contributed by atoms with Gasteiger partial charge in [-0.05, 0) is 62.4 Å². The first-order chi connectivity index (χ1) is 16.9. The molecule has 35 heavy (non-hydrogen) atoms. The van der Waals surface area contributed by atoms with Gasteiger partial charge in [0.2, 0.25) is 10.0 Å². The topological polar surface area (TPSA) is 95.8 Å². The monoisotopic (exact) mass is 496 g/mol. The molecule has 0 radical (unpaired) electrons. The Kier molecular flexibility index (Phi) is 8.00. The van der Waals surface area contributed by atoms with Gasteiger partial charge in [-0.25, -0.2) is 13.4 Å². The third-order valence-corrected chi connectivity index (χ3v) is 8.70. The van der Waals surface area contributed by atoms with Crippen LogP contribution in [0, 0.1) is 0 Å². The summed E-state index contributed by atoms with van der Waals surface area (Å²) in [7, 11) is -1.91. The molecule has 186 valence electrons. The summed E-state index contributed by atoms with van der Waals surface area (Å²) in [5.41, 5.74) is 2.56. The summed E-state index contributed by atoms with van der Waals surface area (Å²) in [6, 6.07) is 17.4. The van der Waals surface area contributed by atoms with Gasteiger partial charge in [0.25, 0.3) is 5.91 Å². The van der Waals surface area contributed by atoms with E-state index in [1.165, 1.54) is 22.9 Å². The molecular formula is C26H32N4O4S. The maximum absolute atomic E-state index is 13.4. The lowest BCUT2D eigenvalue weighted by Gasteiger charge is -2.37. The Morgan fingerprint density at radius 1 is 1.11 bits per heavy atom. The number of amides is 1. The van der Waals surface area contributed by atoms with Gasteiger partial charge in [-0.1, -0.05) is 42.5 Å². The van der Waals surface area contributed by atoms with Gasteiger partial charge in [0.05, 0.1) is 6.20 Å². The Hall–Kier alpha value is -3.01. The first-order valence-corrected chi connectivity index (χ1v) is 13.4. The highest BCUT2D eigenvalue weighted by Gasteiger charge is 2.39. The van der Waals surface area contributed by atoms with Crippen LogP contribution in [0.2, 0.25) is 0 Å². The number of anilines is 1. The molecule has 2 aromatic carbocycles. The normalized spacial score (nSPS) is 19.9. The van der Waals surface area contributed by atoms with Crippen LogP contribution in [0.3, 0.4) is 0 Å². The number of carbonyl (C=O) groups excluding carboxylic acids is 1. The zero-order chi connectivity index (χ0) is 24.8. The van der Waals surface area contributed by atoms with Crippen molar-refractivity contribution in [2.75, 3.05) is 18.5 Å². The maximum Gasteiger partial charge on any atom is 0.303 e. The van der Waals surface area contributed by atoms with E-state index in [1.807, 2.05) is 25.1 Å². The van der Waals surface area contributed by atoms with E-state index in [9.17, 15) is 13.2 Å². The van der Waals surface area contributed by atoms with E-state index in [1.54, 1.807) is 35.6 Å². The van der Waals surface area contributed by atoms with E-state index >= 15 is 0 Å². The van der Waals surface area contributed by atoms with Crippen LogP contribution in [0.1, 0.15) is 47.7 Å². The van der Waals surface area contributed by atoms with Crippen molar-refractivity contribution >= 4 is 21.9 Å². The van der Waals surface area contributed by atoms with E-state index in [0.29, 0.717) is 18.5 Å². The molecule has 0 saturated carbocycles. The number of aryl methyl sites for hydroxylation is 1. The summed E-state index contributed by atoms with van der Waals surface area (Å²) < 4.78 is 33.5. The third-order valence-electron chi connectivity index (χ3n) is 6.43. The van der Waals surface area contributed by atoms with Crippen LogP contribution in [0.15, 0.2) is 71.5 Å². The van der Waals surface area contributed by atoms with Gasteiger partial charge in [-0.3, -0.25) is 15.0 Å². The molecule has 0 aliphatic carbocycles. The standard InChI is InChI=1S/C26H32N4O4S/c1-20-10-15-24(27-16-6-9-21-7-4-3-5-8-21)35(32,33)30(20)19-22-11-13-23(14-12-22)25(31)29(2)26-28-17-18-34-26/h3-5,7-8,11-14,17-18,20,24,27H,6,9-10,15-16,19H2,1-2H3. The SMILES string of the molecule is CC1CCC(NCCCc2ccccc2)S(=O)(=O)N1Cc1ccc(C(=O)N(C)c2ncco2)cc1. The minimum absolute atomic E-state index is 0.0835. The van der Waals surface area contributed by atoms with Crippen LogP contribution in [-0.4, -0.2) is 48.6 Å². The Labute approximate surface area is 207 Å². The van der Waals surface area contributed by atoms with Crippen molar-refractivity contribution in [3.63, 3.8) is 0 Å². The second-order valence-electron chi connectivity index (χ2n) is 8.92. The van der Waals surface area contributed by atoms with Gasteiger partial charge in [0.15, 0.2) is 0 Å². The summed E-state index contributed by atoms with van der Waals surface area (Å²) >= 11 is 0. The van der Waals surface area contributed by atoms with E-state index in [-0.39, 0.29) is 24.5 Å². The van der Waals surface area contributed by atoms with E-state index in [0.717, 1.165) is 24.8 Å². The minimum Gasteiger partial charge on any atom is -0.432 e. The third kappa shape index (κ3) is 5.98. The summed E-state index contributed by atoms with van der Waals surface area (Å²) in [5, 5.41) is 2.69. The van der Waals surface area contributed by atoms with Crippen molar-refractivity contribution in [3.05, 3.63) is 83.7 Å². The van der Waals surface area contributed by atoms with Crippen molar-refractivity contribution < 1.29 is 17.6 Å². The van der Waals surface area contributed by atoms with Gasteiger partial charge in [-0.15, -0.1) is 0 Å². The molecule has 1 amide bonds. The number of nitrogens with one attached hydrogen (secondary N) is 1. The molecule has 1 aliphatic heterocycles. The van der Waals surface area contributed by atoms with Crippen molar-refractivity contribution in [3.8, 4) is 0 Å². The van der Waals surface area contributed by atoms with Crippen LogP contribution in [0.25, 0.3) is 0 Å². The average molecular weight is 497 g/mol. The first-order valence-electron chi connectivity index (χ1n) is 11.9. The molecule has 8 nitrogen and oxygen atoms in total. The number of oxazole rings is 1. The van der Waals surface area contributed by atoms with Crippen LogP contribution in [0.4, 0.5) is 6.01 Å². The predicted molar refractivity (Wildman–Crippen MR) is 135 cm³/mol. The molecule has 1 aromatic heterocycles. The zero-order valence-corrected chi connectivity index (χ0v) is 20.9. The van der Waals surface area contributed by atoms with Crippen molar-refractivity contribution in [2.45, 2.75) is 50.6 Å². The highest BCUT2D eigenvalue weighted by Crippen LogP contribution is 2.27. The van der Waals surface area contributed by atoms with Crippen LogP contribution in [-0.2, 0) is 23.0 Å². The molecule has 3 aromatic rings. The van der Waals surface area contributed by atoms with E-state index in [2.05, 4.69) is 22.4 Å². The molecule has 2 heterocycles. The smallest absolute Gasteiger partial charge is 0.303 e. The molecule has 2 unspecified atom stereocenters. The number of sulfonamides is 1. The highest BCUT2D eigenvalue weighted by atomic mass is 32.2. The summed E-state index contributed by atoms with van der Waals surface area (Å²) in [6.45, 7) is 2.87. The maximum atomic E-state index is 13.4. The number of nitrogens with zero attached hydrogens (tertiary/aromatic N) is 3. The minimum atomic E-state index is -3.50. The molecule has 1 saturated heterocycles. The number of hydrogen-bond acceptors (Lipinski definition) is 6. The van der Waals surface area contributed by atoms with Gasteiger partial charge < -0.3 is 4.42 Å². The second-order valence-corrected chi connectivity index (χ2v) is 11.0. The largest absolute Gasteiger partial charge is 0.432 e. The number of aromatic nitrogens is 1. The van der Waals surface area contributed by atoms with Crippen LogP contribution >= 0.6 is 0 Å². The fraction of sp³-hybridized carbons (Fsp3) is 0.385. The van der Waals surface area contributed by atoms with Crippen molar-refractivity contribution in [2.24, 2.45) is 0 Å². The molecule has 4 rings (SSSR count). The molecule has 0 bridgehead atoms. The average Bonchev–Trinajstić information content (AvgIpc) is 3.41. The fourth-order valence-corrected chi connectivity index (χ4v) is 6.37. The zero-order valence-electron chi connectivity index (χ0n) is 20.1. The summed E-state index contributed by atoms with van der Waals surface area (Å²) in [5.74, 6) is -0.252. The Morgan fingerprint density at radius 3 is 2.54 bits per heavy atom. The molecule has 1 fully saturated rings. The molecule has 1 N–H and O–H groups in total.